The number of hydrogen-bond donors (Lipinski definition) is 5. The number of nitrogens with one attached hydrogen (secondary N) is 2. The average molecular weight is 416 g/mol. The first-order valence-electron chi connectivity index (χ1n) is 7.33. The van der Waals surface area contributed by atoms with Crippen molar-refractivity contribution < 1.29 is 36.6 Å². The van der Waals surface area contributed by atoms with Gasteiger partial charge in [0.15, 0.2) is 0 Å². The van der Waals surface area contributed by atoms with E-state index in [-0.39, 0.29) is 28.2 Å². The minimum absolute atomic E-state index is 0.0362. The molecule has 0 fully saturated rings. The number of anilines is 2. The molecule has 0 radical (unpaired) electrons. The Morgan fingerprint density at radius 1 is 1.21 bits per heavy atom. The predicted molar refractivity (Wildman–Crippen MR) is 90.8 cm³/mol. The number of nitrogens with zero attached hydrogens (tertiary/aromatic N) is 1. The molecular weight excluding hydrogens is 405 g/mol. The van der Waals surface area contributed by atoms with Crippen LogP contribution in [0.1, 0.15) is 15.9 Å². The molecule has 0 aliphatic heterocycles. The molecule has 3 aromatic rings. The molecule has 6 N–H and O–H groups in total. The van der Waals surface area contributed by atoms with Crippen LogP contribution in [0.25, 0.3) is 11.0 Å². The van der Waals surface area contributed by atoms with Gasteiger partial charge < -0.3 is 20.5 Å². The van der Waals surface area contributed by atoms with E-state index in [1.165, 1.54) is 6.07 Å². The molecule has 13 heteroatoms. The number of halogens is 3. The highest BCUT2D eigenvalue weighted by Gasteiger charge is 2.37. The number of alkyl halides is 3. The molecule has 0 spiro atoms. The number of aromatic carboxylic acids is 1. The van der Waals surface area contributed by atoms with Crippen LogP contribution in [0.15, 0.2) is 35.2 Å². The predicted octanol–water partition coefficient (Wildman–Crippen LogP) is 2.38. The van der Waals surface area contributed by atoms with Crippen molar-refractivity contribution in [2.24, 2.45) is 5.14 Å². The Morgan fingerprint density at radius 3 is 2.43 bits per heavy atom. The lowest BCUT2D eigenvalue weighted by molar-refractivity contribution is -0.139. The number of aromatic hydroxyl groups is 1. The van der Waals surface area contributed by atoms with E-state index in [1.807, 2.05) is 0 Å². The number of sulfonamides is 1. The van der Waals surface area contributed by atoms with Gasteiger partial charge in [0.25, 0.3) is 0 Å². The summed E-state index contributed by atoms with van der Waals surface area (Å²) in [5, 5.41) is 26.1. The molecule has 3 rings (SSSR count). The number of phenols is 1. The third kappa shape index (κ3) is 3.70. The Kier molecular flexibility index (Phi) is 4.43. The molecule has 0 atom stereocenters. The van der Waals surface area contributed by atoms with Crippen molar-refractivity contribution >= 4 is 38.7 Å². The normalized spacial score (nSPS) is 12.3. The number of imidazole rings is 1. The Morgan fingerprint density at radius 2 is 1.89 bits per heavy atom. The maximum atomic E-state index is 13.2. The Labute approximate surface area is 154 Å². The fraction of sp³-hybridized carbons (Fsp3) is 0.0667. The van der Waals surface area contributed by atoms with Crippen molar-refractivity contribution in [1.29, 1.82) is 0 Å². The molecule has 0 aliphatic carbocycles. The zero-order valence-electron chi connectivity index (χ0n) is 13.6. The lowest BCUT2D eigenvalue weighted by Crippen LogP contribution is -2.19. The van der Waals surface area contributed by atoms with Gasteiger partial charge in [0, 0.05) is 11.8 Å². The summed E-state index contributed by atoms with van der Waals surface area (Å²) in [6.07, 6.45) is -4.97. The SMILES string of the molecule is NS(=O)(=O)c1cc2[nH]c(Nc3ccc(C(=O)O)c(O)c3)nc2cc1C(F)(F)F. The molecule has 0 unspecified atom stereocenters. The zero-order valence-corrected chi connectivity index (χ0v) is 14.4. The molecule has 9 nitrogen and oxygen atoms in total. The van der Waals surface area contributed by atoms with Crippen molar-refractivity contribution in [3.05, 3.63) is 41.5 Å². The van der Waals surface area contributed by atoms with Gasteiger partial charge in [-0.3, -0.25) is 0 Å². The van der Waals surface area contributed by atoms with Crippen molar-refractivity contribution in [1.82, 2.24) is 9.97 Å². The van der Waals surface area contributed by atoms with E-state index in [0.29, 0.717) is 6.07 Å². The summed E-state index contributed by atoms with van der Waals surface area (Å²) in [6.45, 7) is 0. The summed E-state index contributed by atoms with van der Waals surface area (Å²) in [6, 6.07) is 4.75. The first-order valence-corrected chi connectivity index (χ1v) is 8.88. The molecular formula is C15H11F3N4O5S. The van der Waals surface area contributed by atoms with Crippen LogP contribution in [-0.4, -0.2) is 34.6 Å². The van der Waals surface area contributed by atoms with Crippen LogP contribution in [0.5, 0.6) is 5.75 Å². The fourth-order valence-electron chi connectivity index (χ4n) is 2.48. The summed E-state index contributed by atoms with van der Waals surface area (Å²) in [4.78, 5) is 16.3. The molecule has 1 aromatic heterocycles. The van der Waals surface area contributed by atoms with Gasteiger partial charge in [0.2, 0.25) is 16.0 Å². The summed E-state index contributed by atoms with van der Waals surface area (Å²) in [5.74, 6) is -1.95. The number of aromatic nitrogens is 2. The monoisotopic (exact) mass is 416 g/mol. The Hall–Kier alpha value is -3.32. The van der Waals surface area contributed by atoms with Crippen LogP contribution in [-0.2, 0) is 16.2 Å². The first-order chi connectivity index (χ1) is 12.9. The molecule has 28 heavy (non-hydrogen) atoms. The van der Waals surface area contributed by atoms with E-state index < -0.39 is 38.4 Å². The van der Waals surface area contributed by atoms with Crippen molar-refractivity contribution in [2.75, 3.05) is 5.32 Å². The lowest BCUT2D eigenvalue weighted by atomic mass is 10.2. The number of nitrogens with two attached hydrogens (primary N) is 1. The van der Waals surface area contributed by atoms with Crippen LogP contribution in [0, 0.1) is 0 Å². The van der Waals surface area contributed by atoms with Crippen LogP contribution in [0.3, 0.4) is 0 Å². The second-order valence-electron chi connectivity index (χ2n) is 5.66. The molecule has 148 valence electrons. The van der Waals surface area contributed by atoms with Gasteiger partial charge in [-0.15, -0.1) is 0 Å². The largest absolute Gasteiger partial charge is 0.507 e. The minimum Gasteiger partial charge on any atom is -0.507 e. The Balaban J connectivity index is 2.05. The summed E-state index contributed by atoms with van der Waals surface area (Å²) in [5.41, 5.74) is -1.84. The number of hydrogen-bond acceptors (Lipinski definition) is 6. The second kappa shape index (κ2) is 6.38. The molecule has 2 aromatic carbocycles. The van der Waals surface area contributed by atoms with Crippen molar-refractivity contribution in [3.8, 4) is 5.75 Å². The highest BCUT2D eigenvalue weighted by Crippen LogP contribution is 2.36. The van der Waals surface area contributed by atoms with Gasteiger partial charge in [-0.25, -0.2) is 23.3 Å². The van der Waals surface area contributed by atoms with Crippen LogP contribution >= 0.6 is 0 Å². The number of aromatic amines is 1. The number of benzene rings is 2. The van der Waals surface area contributed by atoms with E-state index in [2.05, 4.69) is 15.3 Å². The second-order valence-corrected chi connectivity index (χ2v) is 7.19. The van der Waals surface area contributed by atoms with E-state index in [4.69, 9.17) is 10.2 Å². The van der Waals surface area contributed by atoms with E-state index in [0.717, 1.165) is 18.2 Å². The van der Waals surface area contributed by atoms with Crippen molar-refractivity contribution in [2.45, 2.75) is 11.1 Å². The zero-order chi connectivity index (χ0) is 20.9. The number of fused-ring (bicyclic) bond motifs is 1. The highest BCUT2D eigenvalue weighted by atomic mass is 32.2. The molecule has 0 aliphatic rings. The van der Waals surface area contributed by atoms with E-state index in [1.54, 1.807) is 0 Å². The number of H-pyrrole nitrogens is 1. The highest BCUT2D eigenvalue weighted by molar-refractivity contribution is 7.89. The van der Waals surface area contributed by atoms with E-state index >= 15 is 0 Å². The van der Waals surface area contributed by atoms with E-state index in [9.17, 15) is 31.5 Å². The number of rotatable bonds is 4. The van der Waals surface area contributed by atoms with Gasteiger partial charge in [-0.2, -0.15) is 13.2 Å². The van der Waals surface area contributed by atoms with Crippen LogP contribution in [0.4, 0.5) is 24.8 Å². The summed E-state index contributed by atoms with van der Waals surface area (Å²) >= 11 is 0. The van der Waals surface area contributed by atoms with Crippen molar-refractivity contribution in [3.63, 3.8) is 0 Å². The van der Waals surface area contributed by atoms with Gasteiger partial charge in [-0.1, -0.05) is 0 Å². The quantitative estimate of drug-likeness (QED) is 0.437. The molecule has 0 bridgehead atoms. The molecule has 0 amide bonds. The van der Waals surface area contributed by atoms with Crippen LogP contribution in [0.2, 0.25) is 0 Å². The van der Waals surface area contributed by atoms with Gasteiger partial charge in [-0.05, 0) is 24.3 Å². The molecule has 1 heterocycles. The summed E-state index contributed by atoms with van der Waals surface area (Å²) < 4.78 is 62.5. The van der Waals surface area contributed by atoms with Gasteiger partial charge >= 0.3 is 12.1 Å². The maximum Gasteiger partial charge on any atom is 0.417 e. The molecule has 0 saturated carbocycles. The third-order valence-electron chi connectivity index (χ3n) is 3.69. The van der Waals surface area contributed by atoms with Gasteiger partial charge in [0.05, 0.1) is 21.5 Å². The number of primary sulfonamides is 1. The maximum absolute atomic E-state index is 13.2. The average Bonchev–Trinajstić information content (AvgIpc) is 2.93. The Bertz CT molecular complexity index is 1200. The fourth-order valence-corrected chi connectivity index (χ4v) is 3.24. The first kappa shape index (κ1) is 19.4. The third-order valence-corrected chi connectivity index (χ3v) is 4.64. The minimum atomic E-state index is -4.97. The lowest BCUT2D eigenvalue weighted by Gasteiger charge is -2.11. The molecule has 0 saturated heterocycles. The smallest absolute Gasteiger partial charge is 0.417 e. The standard InChI is InChI=1S/C15H11F3N4O5S/c16-15(17,18)8-4-9-10(5-12(8)28(19,26)27)22-14(21-9)20-6-1-2-7(13(24)25)11(23)3-6/h1-5,23H,(H,24,25)(H2,19,26,27)(H2,20,21,22). The number of carboxylic acids is 1. The van der Waals surface area contributed by atoms with Gasteiger partial charge in [0.1, 0.15) is 11.3 Å². The summed E-state index contributed by atoms with van der Waals surface area (Å²) in [7, 11) is -4.65. The topological polar surface area (TPSA) is 158 Å². The van der Waals surface area contributed by atoms with Crippen LogP contribution < -0.4 is 10.5 Å². The number of carboxylic acid groups (broad SMARTS) is 1. The number of carbonyl (C=O) groups is 1.